The first-order chi connectivity index (χ1) is 9.99. The SMILES string of the molecule is O=C1c2c(cc(O)c(O)c2O)OC[C@H]1c1ccc(O)cc1. The van der Waals surface area contributed by atoms with Gasteiger partial charge in [0.15, 0.2) is 17.3 Å². The van der Waals surface area contributed by atoms with Crippen molar-refractivity contribution in [2.24, 2.45) is 0 Å². The summed E-state index contributed by atoms with van der Waals surface area (Å²) in [5.41, 5.74) is 0.463. The van der Waals surface area contributed by atoms with E-state index < -0.39 is 28.9 Å². The highest BCUT2D eigenvalue weighted by molar-refractivity contribution is 6.07. The number of aromatic hydroxyl groups is 4. The van der Waals surface area contributed by atoms with E-state index in [4.69, 9.17) is 4.74 Å². The van der Waals surface area contributed by atoms with Gasteiger partial charge in [-0.1, -0.05) is 12.1 Å². The van der Waals surface area contributed by atoms with Gasteiger partial charge in [0, 0.05) is 6.07 Å². The van der Waals surface area contributed by atoms with E-state index in [1.165, 1.54) is 12.1 Å². The minimum Gasteiger partial charge on any atom is -0.508 e. The lowest BCUT2D eigenvalue weighted by Gasteiger charge is -2.25. The standard InChI is InChI=1S/C15H12O6/c16-8-3-1-7(2-4-8)9-6-21-11-5-10(17)14(19)15(20)12(11)13(9)18/h1-5,9,16-17,19-20H,6H2/t9-/m0/s1. The van der Waals surface area contributed by atoms with Gasteiger partial charge in [-0.2, -0.15) is 0 Å². The van der Waals surface area contributed by atoms with Crippen molar-refractivity contribution in [3.05, 3.63) is 41.5 Å². The molecule has 0 radical (unpaired) electrons. The highest BCUT2D eigenvalue weighted by atomic mass is 16.5. The average Bonchev–Trinajstić information content (AvgIpc) is 2.46. The molecular weight excluding hydrogens is 276 g/mol. The fourth-order valence-electron chi connectivity index (χ4n) is 2.35. The number of Topliss-reactive ketones (excluding diaryl/α,β-unsaturated/α-hetero) is 1. The maximum atomic E-state index is 12.5. The van der Waals surface area contributed by atoms with Gasteiger partial charge in [0.25, 0.3) is 0 Å². The van der Waals surface area contributed by atoms with Crippen molar-refractivity contribution < 1.29 is 30.0 Å². The average molecular weight is 288 g/mol. The molecule has 2 aromatic rings. The molecule has 4 N–H and O–H groups in total. The Hall–Kier alpha value is -2.89. The summed E-state index contributed by atoms with van der Waals surface area (Å²) in [4.78, 5) is 12.5. The van der Waals surface area contributed by atoms with E-state index in [0.29, 0.717) is 5.56 Å². The molecule has 21 heavy (non-hydrogen) atoms. The van der Waals surface area contributed by atoms with Gasteiger partial charge in [-0.15, -0.1) is 0 Å². The Kier molecular flexibility index (Phi) is 2.86. The third-order valence-electron chi connectivity index (χ3n) is 3.48. The predicted octanol–water partition coefficient (Wildman–Crippen LogP) is 1.87. The van der Waals surface area contributed by atoms with Crippen molar-refractivity contribution in [3.63, 3.8) is 0 Å². The van der Waals surface area contributed by atoms with Crippen LogP contribution in [0.3, 0.4) is 0 Å². The number of carbonyl (C=O) groups is 1. The van der Waals surface area contributed by atoms with Crippen LogP contribution in [0.4, 0.5) is 0 Å². The summed E-state index contributed by atoms with van der Waals surface area (Å²) in [6.45, 7) is 0.0419. The Morgan fingerprint density at radius 2 is 1.67 bits per heavy atom. The van der Waals surface area contributed by atoms with E-state index in [-0.39, 0.29) is 23.7 Å². The molecule has 0 saturated carbocycles. The van der Waals surface area contributed by atoms with Crippen LogP contribution < -0.4 is 4.74 Å². The molecular formula is C15H12O6. The molecule has 0 saturated heterocycles. The molecule has 0 fully saturated rings. The van der Waals surface area contributed by atoms with Gasteiger partial charge >= 0.3 is 0 Å². The number of hydrogen-bond acceptors (Lipinski definition) is 6. The van der Waals surface area contributed by atoms with Gasteiger partial charge < -0.3 is 25.2 Å². The molecule has 0 unspecified atom stereocenters. The number of benzene rings is 2. The molecule has 1 aliphatic rings. The maximum Gasteiger partial charge on any atom is 0.201 e. The Balaban J connectivity index is 2.06. The fourth-order valence-corrected chi connectivity index (χ4v) is 2.35. The molecule has 0 aromatic heterocycles. The monoisotopic (exact) mass is 288 g/mol. The van der Waals surface area contributed by atoms with E-state index in [2.05, 4.69) is 0 Å². The van der Waals surface area contributed by atoms with E-state index in [9.17, 15) is 25.2 Å². The number of hydrogen-bond donors (Lipinski definition) is 4. The lowest BCUT2D eigenvalue weighted by molar-refractivity contribution is 0.0890. The molecule has 0 amide bonds. The third kappa shape index (κ3) is 2.01. The number of ether oxygens (including phenoxy) is 1. The number of phenolic OH excluding ortho intramolecular Hbond substituents is 4. The van der Waals surface area contributed by atoms with Crippen LogP contribution in [0.2, 0.25) is 0 Å². The van der Waals surface area contributed by atoms with Crippen LogP contribution in [0, 0.1) is 0 Å². The summed E-state index contributed by atoms with van der Waals surface area (Å²) in [6, 6.07) is 7.17. The number of phenols is 4. The van der Waals surface area contributed by atoms with Gasteiger partial charge in [-0.05, 0) is 17.7 Å². The summed E-state index contributed by atoms with van der Waals surface area (Å²) in [7, 11) is 0. The molecule has 0 aliphatic carbocycles. The Bertz CT molecular complexity index is 720. The van der Waals surface area contributed by atoms with Crippen LogP contribution in [0.5, 0.6) is 28.7 Å². The number of ketones is 1. The van der Waals surface area contributed by atoms with Crippen LogP contribution in [0.1, 0.15) is 21.8 Å². The normalized spacial score (nSPS) is 17.1. The molecule has 1 aliphatic heterocycles. The fraction of sp³-hybridized carbons (Fsp3) is 0.133. The first kappa shape index (κ1) is 13.1. The molecule has 2 aromatic carbocycles. The third-order valence-corrected chi connectivity index (χ3v) is 3.48. The first-order valence-electron chi connectivity index (χ1n) is 6.23. The second-order valence-corrected chi connectivity index (χ2v) is 4.79. The van der Waals surface area contributed by atoms with Crippen molar-refractivity contribution in [2.45, 2.75) is 5.92 Å². The van der Waals surface area contributed by atoms with Gasteiger partial charge in [-0.25, -0.2) is 0 Å². The minimum atomic E-state index is -0.753. The molecule has 108 valence electrons. The molecule has 1 heterocycles. The molecule has 6 nitrogen and oxygen atoms in total. The summed E-state index contributed by atoms with van der Waals surface area (Å²) >= 11 is 0. The second-order valence-electron chi connectivity index (χ2n) is 4.79. The molecule has 0 bridgehead atoms. The van der Waals surface area contributed by atoms with Crippen molar-refractivity contribution in [2.75, 3.05) is 6.61 Å². The Morgan fingerprint density at radius 1 is 1.00 bits per heavy atom. The highest BCUT2D eigenvalue weighted by Crippen LogP contribution is 2.46. The Morgan fingerprint density at radius 3 is 2.33 bits per heavy atom. The van der Waals surface area contributed by atoms with Crippen LogP contribution in [-0.2, 0) is 0 Å². The molecule has 0 spiro atoms. The second kappa shape index (κ2) is 4.59. The number of carbonyl (C=O) groups excluding carboxylic acids is 1. The summed E-state index contributed by atoms with van der Waals surface area (Å²) < 4.78 is 5.39. The predicted molar refractivity (Wildman–Crippen MR) is 72.1 cm³/mol. The topological polar surface area (TPSA) is 107 Å². The van der Waals surface area contributed by atoms with Crippen LogP contribution in [-0.4, -0.2) is 32.8 Å². The summed E-state index contributed by atoms with van der Waals surface area (Å²) in [5.74, 6) is -2.98. The van der Waals surface area contributed by atoms with Gasteiger partial charge in [0.1, 0.15) is 23.7 Å². The van der Waals surface area contributed by atoms with E-state index >= 15 is 0 Å². The Labute approximate surface area is 119 Å². The van der Waals surface area contributed by atoms with Gasteiger partial charge in [-0.3, -0.25) is 4.79 Å². The van der Waals surface area contributed by atoms with Crippen LogP contribution in [0.25, 0.3) is 0 Å². The zero-order valence-electron chi connectivity index (χ0n) is 10.8. The first-order valence-corrected chi connectivity index (χ1v) is 6.23. The van der Waals surface area contributed by atoms with E-state index in [1.54, 1.807) is 12.1 Å². The van der Waals surface area contributed by atoms with Crippen LogP contribution in [0.15, 0.2) is 30.3 Å². The summed E-state index contributed by atoms with van der Waals surface area (Å²) in [6.07, 6.45) is 0. The number of rotatable bonds is 1. The van der Waals surface area contributed by atoms with E-state index in [0.717, 1.165) is 6.07 Å². The van der Waals surface area contributed by atoms with Gasteiger partial charge in [0.2, 0.25) is 5.75 Å². The zero-order chi connectivity index (χ0) is 15.1. The van der Waals surface area contributed by atoms with Crippen molar-refractivity contribution in [3.8, 4) is 28.7 Å². The quantitative estimate of drug-likeness (QED) is 0.597. The number of fused-ring (bicyclic) bond motifs is 1. The molecule has 1 atom stereocenters. The summed E-state index contributed by atoms with van der Waals surface area (Å²) in [5, 5.41) is 38.1. The lowest BCUT2D eigenvalue weighted by Crippen LogP contribution is -2.26. The van der Waals surface area contributed by atoms with Crippen molar-refractivity contribution >= 4 is 5.78 Å². The smallest absolute Gasteiger partial charge is 0.201 e. The van der Waals surface area contributed by atoms with Gasteiger partial charge in [0.05, 0.1) is 5.92 Å². The maximum absolute atomic E-state index is 12.5. The van der Waals surface area contributed by atoms with Crippen LogP contribution >= 0.6 is 0 Å². The highest BCUT2D eigenvalue weighted by Gasteiger charge is 2.34. The van der Waals surface area contributed by atoms with E-state index in [1.807, 2.05) is 0 Å². The lowest BCUT2D eigenvalue weighted by atomic mass is 9.88. The molecule has 6 heteroatoms. The van der Waals surface area contributed by atoms with Crippen molar-refractivity contribution in [1.82, 2.24) is 0 Å². The zero-order valence-corrected chi connectivity index (χ0v) is 10.8. The largest absolute Gasteiger partial charge is 0.508 e. The molecule has 3 rings (SSSR count). The minimum absolute atomic E-state index is 0.0304. The van der Waals surface area contributed by atoms with Crippen molar-refractivity contribution in [1.29, 1.82) is 0 Å².